The van der Waals surface area contributed by atoms with Crippen molar-refractivity contribution in [3.8, 4) is 0 Å². The second-order valence-corrected chi connectivity index (χ2v) is 10.1. The largest absolute Gasteiger partial charge is 0.464 e. The summed E-state index contributed by atoms with van der Waals surface area (Å²) in [5.41, 5.74) is 4.78. The van der Waals surface area contributed by atoms with Gasteiger partial charge in [0.1, 0.15) is 11.6 Å². The molecule has 6 heteroatoms. The fourth-order valence-corrected chi connectivity index (χ4v) is 5.26. The third-order valence-corrected chi connectivity index (χ3v) is 7.24. The lowest BCUT2D eigenvalue weighted by Gasteiger charge is -2.17. The molecule has 3 aromatic carbocycles. The number of aryl methyl sites for hydroxylation is 1. The Morgan fingerprint density at radius 1 is 0.850 bits per heavy atom. The van der Waals surface area contributed by atoms with E-state index in [0.29, 0.717) is 18.7 Å². The molecule has 0 spiro atoms. The van der Waals surface area contributed by atoms with Crippen LogP contribution in [0.3, 0.4) is 0 Å². The molecule has 6 nitrogen and oxygen atoms in total. The summed E-state index contributed by atoms with van der Waals surface area (Å²) in [6.45, 7) is 5.64. The summed E-state index contributed by atoms with van der Waals surface area (Å²) in [7, 11) is 0. The van der Waals surface area contributed by atoms with Crippen molar-refractivity contribution in [1.82, 2.24) is 9.88 Å². The highest BCUT2D eigenvalue weighted by Crippen LogP contribution is 2.29. The number of esters is 1. The fraction of sp³-hybridized carbons (Fsp3) is 0.265. The topological polar surface area (TPSA) is 64.2 Å². The first-order valence-corrected chi connectivity index (χ1v) is 14.1. The number of fused-ring (bicyclic) bond motifs is 3. The second-order valence-electron chi connectivity index (χ2n) is 10.1. The first-order chi connectivity index (χ1) is 19.6. The molecule has 1 N–H and O–H groups in total. The molecule has 2 aromatic heterocycles. The SMILES string of the molecule is CCCCn1c2ccccc2c2cc(C(=O)N[C@@H](Cc3ccccc3)C(=O)OCC)[n+](Cc3ccccc3)cc21. The Labute approximate surface area is 235 Å². The van der Waals surface area contributed by atoms with Crippen LogP contribution in [0, 0.1) is 0 Å². The van der Waals surface area contributed by atoms with Crippen molar-refractivity contribution >= 4 is 33.7 Å². The number of pyridine rings is 1. The quantitative estimate of drug-likeness (QED) is 0.171. The van der Waals surface area contributed by atoms with Crippen molar-refractivity contribution in [2.45, 2.75) is 52.2 Å². The molecule has 1 amide bonds. The highest BCUT2D eigenvalue weighted by Gasteiger charge is 2.29. The molecule has 0 unspecified atom stereocenters. The minimum absolute atomic E-state index is 0.247. The van der Waals surface area contributed by atoms with Gasteiger partial charge in [0.2, 0.25) is 0 Å². The van der Waals surface area contributed by atoms with E-state index in [2.05, 4.69) is 53.3 Å². The number of hydrogen-bond acceptors (Lipinski definition) is 3. The lowest BCUT2D eigenvalue weighted by atomic mass is 10.1. The van der Waals surface area contributed by atoms with Gasteiger partial charge in [0, 0.05) is 40.9 Å². The smallest absolute Gasteiger partial charge is 0.328 e. The van der Waals surface area contributed by atoms with Crippen LogP contribution in [0.5, 0.6) is 0 Å². The van der Waals surface area contributed by atoms with Crippen LogP contribution in [0.4, 0.5) is 0 Å². The predicted octanol–water partition coefficient (Wildman–Crippen LogP) is 5.83. The zero-order valence-electron chi connectivity index (χ0n) is 23.2. The first-order valence-electron chi connectivity index (χ1n) is 14.1. The highest BCUT2D eigenvalue weighted by atomic mass is 16.5. The molecule has 0 saturated carbocycles. The molecule has 0 fully saturated rings. The molecule has 1 atom stereocenters. The summed E-state index contributed by atoms with van der Waals surface area (Å²) in [4.78, 5) is 26.9. The summed E-state index contributed by atoms with van der Waals surface area (Å²) < 4.78 is 9.70. The molecule has 0 aliphatic heterocycles. The number of unbranched alkanes of at least 4 members (excludes halogenated alkanes) is 1. The number of nitrogens with zero attached hydrogens (tertiary/aromatic N) is 2. The van der Waals surface area contributed by atoms with Gasteiger partial charge in [-0.1, -0.05) is 92.2 Å². The van der Waals surface area contributed by atoms with Gasteiger partial charge in [-0.25, -0.2) is 4.79 Å². The molecule has 204 valence electrons. The van der Waals surface area contributed by atoms with E-state index in [1.54, 1.807) is 6.92 Å². The third-order valence-electron chi connectivity index (χ3n) is 7.24. The van der Waals surface area contributed by atoms with Crippen molar-refractivity contribution in [2.24, 2.45) is 0 Å². The Kier molecular flexibility index (Phi) is 8.55. The van der Waals surface area contributed by atoms with Gasteiger partial charge >= 0.3 is 11.9 Å². The molecular weight excluding hydrogens is 498 g/mol. The molecule has 5 rings (SSSR count). The molecule has 0 saturated heterocycles. The van der Waals surface area contributed by atoms with E-state index in [1.165, 1.54) is 0 Å². The van der Waals surface area contributed by atoms with E-state index in [9.17, 15) is 9.59 Å². The number of para-hydroxylation sites is 1. The number of benzene rings is 3. The average Bonchev–Trinajstić information content (AvgIpc) is 3.28. The van der Waals surface area contributed by atoms with Crippen LogP contribution < -0.4 is 9.88 Å². The van der Waals surface area contributed by atoms with Gasteiger partial charge in [-0.05, 0) is 25.0 Å². The summed E-state index contributed by atoms with van der Waals surface area (Å²) in [6.07, 6.45) is 4.59. The Morgan fingerprint density at radius 2 is 1.52 bits per heavy atom. The minimum Gasteiger partial charge on any atom is -0.464 e. The second kappa shape index (κ2) is 12.6. The Hall–Kier alpha value is -4.45. The molecule has 0 radical (unpaired) electrons. The maximum atomic E-state index is 14.0. The number of carbonyl (C=O) groups is 2. The molecule has 5 aromatic rings. The van der Waals surface area contributed by atoms with Gasteiger partial charge in [0.25, 0.3) is 5.69 Å². The van der Waals surface area contributed by atoms with Crippen LogP contribution in [0.25, 0.3) is 21.8 Å². The number of ether oxygens (including phenoxy) is 1. The van der Waals surface area contributed by atoms with Gasteiger partial charge in [-0.2, -0.15) is 4.57 Å². The number of aromatic nitrogens is 2. The zero-order chi connectivity index (χ0) is 27.9. The number of nitrogens with one attached hydrogen (secondary N) is 1. The van der Waals surface area contributed by atoms with Gasteiger partial charge in [0.15, 0.2) is 12.7 Å². The Bertz CT molecular complexity index is 1610. The van der Waals surface area contributed by atoms with Crippen LogP contribution in [0.2, 0.25) is 0 Å². The van der Waals surface area contributed by atoms with E-state index in [-0.39, 0.29) is 12.5 Å². The molecule has 0 aliphatic rings. The van der Waals surface area contributed by atoms with Crippen molar-refractivity contribution in [1.29, 1.82) is 0 Å². The van der Waals surface area contributed by atoms with Crippen LogP contribution in [0.15, 0.2) is 97.2 Å². The van der Waals surface area contributed by atoms with Crippen molar-refractivity contribution < 1.29 is 18.9 Å². The van der Waals surface area contributed by atoms with Crippen molar-refractivity contribution in [3.05, 3.63) is 114 Å². The van der Waals surface area contributed by atoms with Crippen LogP contribution in [0.1, 0.15) is 48.3 Å². The van der Waals surface area contributed by atoms with Crippen molar-refractivity contribution in [3.63, 3.8) is 0 Å². The highest BCUT2D eigenvalue weighted by molar-refractivity contribution is 6.09. The zero-order valence-corrected chi connectivity index (χ0v) is 23.2. The van der Waals surface area contributed by atoms with Crippen molar-refractivity contribution in [2.75, 3.05) is 6.61 Å². The lowest BCUT2D eigenvalue weighted by Crippen LogP contribution is -2.49. The van der Waals surface area contributed by atoms with E-state index >= 15 is 0 Å². The maximum Gasteiger partial charge on any atom is 0.328 e. The maximum absolute atomic E-state index is 14.0. The normalized spacial score (nSPS) is 11.9. The summed E-state index contributed by atoms with van der Waals surface area (Å²) >= 11 is 0. The molecular formula is C34H36N3O3+. The standard InChI is InChI=1S/C34H35N3O3/c1-3-5-20-37-30-19-13-12-18-27(30)28-22-31(36(24-32(28)37)23-26-16-10-7-11-17-26)33(38)35-29(34(39)40-4-2)21-25-14-8-6-9-15-25/h6-19,22,24,29H,3-5,20-21,23H2,1-2H3/p+1/t29-/m0/s1. The Balaban J connectivity index is 1.60. The summed E-state index contributed by atoms with van der Waals surface area (Å²) in [5, 5.41) is 5.14. The molecule has 40 heavy (non-hydrogen) atoms. The molecule has 0 bridgehead atoms. The van der Waals surface area contributed by atoms with E-state index in [0.717, 1.165) is 52.3 Å². The number of rotatable bonds is 11. The predicted molar refractivity (Wildman–Crippen MR) is 158 cm³/mol. The van der Waals surface area contributed by atoms with E-state index in [4.69, 9.17) is 4.74 Å². The van der Waals surface area contributed by atoms with Gasteiger partial charge in [-0.3, -0.25) is 4.79 Å². The number of amides is 1. The van der Waals surface area contributed by atoms with Gasteiger partial charge in [-0.15, -0.1) is 0 Å². The molecule has 0 aliphatic carbocycles. The number of carbonyl (C=O) groups excluding carboxylic acids is 2. The van der Waals surface area contributed by atoms with E-state index < -0.39 is 12.0 Å². The van der Waals surface area contributed by atoms with Gasteiger partial charge < -0.3 is 14.6 Å². The van der Waals surface area contributed by atoms with Crippen LogP contribution >= 0.6 is 0 Å². The minimum atomic E-state index is -0.804. The van der Waals surface area contributed by atoms with Gasteiger partial charge in [0.05, 0.1) is 6.61 Å². The van der Waals surface area contributed by atoms with E-state index in [1.807, 2.05) is 65.2 Å². The fourth-order valence-electron chi connectivity index (χ4n) is 5.26. The molecule has 2 heterocycles. The number of hydrogen-bond donors (Lipinski definition) is 1. The Morgan fingerprint density at radius 3 is 2.23 bits per heavy atom. The average molecular weight is 535 g/mol. The van der Waals surface area contributed by atoms with Crippen LogP contribution in [-0.4, -0.2) is 29.1 Å². The first kappa shape index (κ1) is 27.1. The lowest BCUT2D eigenvalue weighted by molar-refractivity contribution is -0.689. The monoisotopic (exact) mass is 534 g/mol. The summed E-state index contributed by atoms with van der Waals surface area (Å²) in [5.74, 6) is -0.747. The summed E-state index contributed by atoms with van der Waals surface area (Å²) in [6, 6.07) is 29.3. The van der Waals surface area contributed by atoms with Crippen LogP contribution in [-0.2, 0) is 29.0 Å². The third kappa shape index (κ3) is 5.91.